The zero-order valence-electron chi connectivity index (χ0n) is 10.3. The van der Waals surface area contributed by atoms with Gasteiger partial charge in [-0.15, -0.1) is 11.3 Å². The Hall–Kier alpha value is -1.33. The molecule has 0 unspecified atom stereocenters. The monoisotopic (exact) mass is 264 g/mol. The van der Waals surface area contributed by atoms with Crippen molar-refractivity contribution in [3.05, 3.63) is 23.2 Å². The molecule has 5 heteroatoms. The molecule has 2 aromatic heterocycles. The molecule has 0 saturated heterocycles. The highest BCUT2D eigenvalue weighted by Gasteiger charge is 2.39. The fraction of sp³-hybridized carbons (Fsp3) is 0.462. The third-order valence-electron chi connectivity index (χ3n) is 3.74. The van der Waals surface area contributed by atoms with Crippen molar-refractivity contribution in [2.75, 3.05) is 12.8 Å². The maximum atomic E-state index is 5.89. The maximum absolute atomic E-state index is 5.89. The average Bonchev–Trinajstić information content (AvgIpc) is 2.93. The van der Waals surface area contributed by atoms with Crippen LogP contribution in [0.1, 0.15) is 25.0 Å². The molecule has 0 bridgehead atoms. The van der Waals surface area contributed by atoms with Crippen LogP contribution in [0.2, 0.25) is 0 Å². The van der Waals surface area contributed by atoms with Gasteiger partial charge in [0.05, 0.1) is 16.9 Å². The zero-order valence-corrected chi connectivity index (χ0v) is 11.1. The predicted molar refractivity (Wildman–Crippen MR) is 71.5 cm³/mol. The molecule has 96 valence electrons. The van der Waals surface area contributed by atoms with Crippen molar-refractivity contribution in [1.29, 1.82) is 0 Å². The Morgan fingerprint density at radius 3 is 2.94 bits per heavy atom. The highest BCUT2D eigenvalue weighted by molar-refractivity contribution is 7.13. The summed E-state index contributed by atoms with van der Waals surface area (Å²) in [5.41, 5.74) is 7.68. The summed E-state index contributed by atoms with van der Waals surface area (Å²) in [7, 11) is 1.77. The van der Waals surface area contributed by atoms with Crippen LogP contribution in [0.25, 0.3) is 10.4 Å². The molecule has 1 aliphatic carbocycles. The number of methoxy groups -OCH3 is 1. The first-order chi connectivity index (χ1) is 8.74. The molecule has 2 N–H and O–H groups in total. The van der Waals surface area contributed by atoms with E-state index in [0.29, 0.717) is 5.88 Å². The number of ether oxygens (including phenoxy) is 1. The Kier molecular flexibility index (Phi) is 2.87. The van der Waals surface area contributed by atoms with E-state index in [4.69, 9.17) is 15.0 Å². The number of aromatic nitrogens is 1. The van der Waals surface area contributed by atoms with Gasteiger partial charge in [-0.3, -0.25) is 0 Å². The van der Waals surface area contributed by atoms with Crippen molar-refractivity contribution < 1.29 is 9.26 Å². The van der Waals surface area contributed by atoms with Crippen molar-refractivity contribution >= 4 is 17.2 Å². The van der Waals surface area contributed by atoms with Gasteiger partial charge in [0.1, 0.15) is 0 Å². The van der Waals surface area contributed by atoms with E-state index in [-0.39, 0.29) is 5.60 Å². The van der Waals surface area contributed by atoms with Gasteiger partial charge in [0.25, 0.3) is 0 Å². The summed E-state index contributed by atoms with van der Waals surface area (Å²) in [6, 6.07) is 4.04. The minimum atomic E-state index is -0.0602. The minimum Gasteiger partial charge on any atom is -0.378 e. The maximum Gasteiger partial charge on any atom is 0.231 e. The van der Waals surface area contributed by atoms with Gasteiger partial charge in [-0.25, -0.2) is 0 Å². The number of nitrogen functional groups attached to an aromatic ring is 1. The van der Waals surface area contributed by atoms with Gasteiger partial charge in [0.2, 0.25) is 5.88 Å². The second kappa shape index (κ2) is 4.40. The number of nitrogens with zero attached hydrogens (tertiary/aromatic N) is 1. The third kappa shape index (κ3) is 1.83. The molecule has 0 atom stereocenters. The van der Waals surface area contributed by atoms with Crippen LogP contribution in [0, 0.1) is 0 Å². The minimum absolute atomic E-state index is 0.0602. The fourth-order valence-corrected chi connectivity index (χ4v) is 3.27. The SMILES string of the molecule is COC1(Cc2noc(N)c2-c2cccs2)CCC1. The lowest BCUT2D eigenvalue weighted by Gasteiger charge is -2.40. The van der Waals surface area contributed by atoms with Crippen molar-refractivity contribution in [3.63, 3.8) is 0 Å². The molecule has 18 heavy (non-hydrogen) atoms. The molecule has 4 nitrogen and oxygen atoms in total. The van der Waals surface area contributed by atoms with E-state index >= 15 is 0 Å². The van der Waals surface area contributed by atoms with Gasteiger partial charge >= 0.3 is 0 Å². The molecule has 1 aliphatic rings. The molecule has 0 aliphatic heterocycles. The number of thiophene rings is 1. The highest BCUT2D eigenvalue weighted by Crippen LogP contribution is 2.41. The molecule has 0 amide bonds. The van der Waals surface area contributed by atoms with Gasteiger partial charge in [0, 0.05) is 18.4 Å². The number of anilines is 1. The molecule has 2 heterocycles. The molecular weight excluding hydrogens is 248 g/mol. The van der Waals surface area contributed by atoms with Crippen LogP contribution < -0.4 is 5.73 Å². The largest absolute Gasteiger partial charge is 0.378 e. The van der Waals surface area contributed by atoms with Crippen LogP contribution >= 0.6 is 11.3 Å². The van der Waals surface area contributed by atoms with Crippen LogP contribution in [-0.2, 0) is 11.2 Å². The number of hydrogen-bond donors (Lipinski definition) is 1. The molecule has 2 aromatic rings. The molecular formula is C13H16N2O2S. The molecule has 1 fully saturated rings. The Bertz CT molecular complexity index is 524. The smallest absolute Gasteiger partial charge is 0.231 e. The lowest BCUT2D eigenvalue weighted by Crippen LogP contribution is -2.41. The van der Waals surface area contributed by atoms with Crippen LogP contribution in [0.15, 0.2) is 22.0 Å². The van der Waals surface area contributed by atoms with Crippen molar-refractivity contribution in [2.45, 2.75) is 31.3 Å². The highest BCUT2D eigenvalue weighted by atomic mass is 32.1. The standard InChI is InChI=1S/C13H16N2O2S/c1-16-13(5-3-6-13)8-9-11(12(14)17-15-9)10-4-2-7-18-10/h2,4,7H,3,5-6,8,14H2,1H3. The van der Waals surface area contributed by atoms with Gasteiger partial charge in [-0.1, -0.05) is 11.2 Å². The van der Waals surface area contributed by atoms with Crippen LogP contribution in [0.4, 0.5) is 5.88 Å². The first kappa shape index (κ1) is 11.7. The van der Waals surface area contributed by atoms with Gasteiger partial charge < -0.3 is 15.0 Å². The predicted octanol–water partition coefficient (Wildman–Crippen LogP) is 3.10. The number of rotatable bonds is 4. The summed E-state index contributed by atoms with van der Waals surface area (Å²) in [4.78, 5) is 1.11. The molecule has 0 aromatic carbocycles. The topological polar surface area (TPSA) is 61.3 Å². The van der Waals surface area contributed by atoms with E-state index in [9.17, 15) is 0 Å². The molecule has 1 saturated carbocycles. The summed E-state index contributed by atoms with van der Waals surface area (Å²) >= 11 is 1.65. The van der Waals surface area contributed by atoms with E-state index in [1.807, 2.05) is 17.5 Å². The van der Waals surface area contributed by atoms with E-state index in [0.717, 1.165) is 35.4 Å². The van der Waals surface area contributed by atoms with Crippen LogP contribution in [-0.4, -0.2) is 17.9 Å². The quantitative estimate of drug-likeness (QED) is 0.921. The van der Waals surface area contributed by atoms with E-state index in [1.54, 1.807) is 18.4 Å². The molecule has 0 radical (unpaired) electrons. The lowest BCUT2D eigenvalue weighted by molar-refractivity contribution is -0.0717. The second-order valence-corrected chi connectivity index (χ2v) is 5.71. The van der Waals surface area contributed by atoms with Crippen molar-refractivity contribution in [1.82, 2.24) is 5.16 Å². The summed E-state index contributed by atoms with van der Waals surface area (Å²) < 4.78 is 10.8. The van der Waals surface area contributed by atoms with E-state index < -0.39 is 0 Å². The Morgan fingerprint density at radius 1 is 1.56 bits per heavy atom. The van der Waals surface area contributed by atoms with Crippen LogP contribution in [0.3, 0.4) is 0 Å². The lowest BCUT2D eigenvalue weighted by atomic mass is 9.76. The van der Waals surface area contributed by atoms with Gasteiger partial charge in [0.15, 0.2) is 0 Å². The second-order valence-electron chi connectivity index (χ2n) is 4.76. The fourth-order valence-electron chi connectivity index (χ4n) is 2.47. The summed E-state index contributed by atoms with van der Waals surface area (Å²) in [5.74, 6) is 0.401. The zero-order chi connectivity index (χ0) is 12.6. The number of nitrogens with two attached hydrogens (primary N) is 1. The van der Waals surface area contributed by atoms with E-state index in [2.05, 4.69) is 5.16 Å². The van der Waals surface area contributed by atoms with Gasteiger partial charge in [-0.05, 0) is 30.7 Å². The first-order valence-corrected chi connectivity index (χ1v) is 6.95. The summed E-state index contributed by atoms with van der Waals surface area (Å²) in [6.07, 6.45) is 4.16. The molecule has 0 spiro atoms. The Balaban J connectivity index is 1.93. The average molecular weight is 264 g/mol. The Morgan fingerprint density at radius 2 is 2.39 bits per heavy atom. The van der Waals surface area contributed by atoms with Crippen molar-refractivity contribution in [3.8, 4) is 10.4 Å². The van der Waals surface area contributed by atoms with E-state index in [1.165, 1.54) is 6.42 Å². The molecule has 3 rings (SSSR count). The van der Waals surface area contributed by atoms with Crippen molar-refractivity contribution in [2.24, 2.45) is 0 Å². The van der Waals surface area contributed by atoms with Crippen LogP contribution in [0.5, 0.6) is 0 Å². The Labute approximate surface area is 110 Å². The number of hydrogen-bond acceptors (Lipinski definition) is 5. The summed E-state index contributed by atoms with van der Waals surface area (Å²) in [6.45, 7) is 0. The third-order valence-corrected chi connectivity index (χ3v) is 4.63. The summed E-state index contributed by atoms with van der Waals surface area (Å²) in [5, 5.41) is 6.14. The normalized spacial score (nSPS) is 17.6. The first-order valence-electron chi connectivity index (χ1n) is 6.07. The van der Waals surface area contributed by atoms with Gasteiger partial charge in [-0.2, -0.15) is 0 Å².